The Morgan fingerprint density at radius 1 is 1.36 bits per heavy atom. The van der Waals surface area contributed by atoms with Gasteiger partial charge in [-0.1, -0.05) is 5.92 Å². The molecule has 0 aliphatic rings. The van der Waals surface area contributed by atoms with Crippen LogP contribution in [-0.4, -0.2) is 16.4 Å². The van der Waals surface area contributed by atoms with Gasteiger partial charge in [-0.2, -0.15) is 0 Å². The predicted octanol–water partition coefficient (Wildman–Crippen LogP) is 2.53. The Balaban J connectivity index is 0.000000545. The zero-order valence-electron chi connectivity index (χ0n) is 11.5. The van der Waals surface area contributed by atoms with E-state index in [0.717, 1.165) is 16.9 Å². The van der Waals surface area contributed by atoms with Gasteiger partial charge in [0.2, 0.25) is 6.41 Å². The van der Waals surface area contributed by atoms with E-state index in [9.17, 15) is 4.39 Å². The van der Waals surface area contributed by atoms with Crippen molar-refractivity contribution in [2.24, 2.45) is 5.73 Å². The van der Waals surface area contributed by atoms with Gasteiger partial charge >= 0.3 is 0 Å². The standard InChI is InChI=1S/C15H10FN3.CH3NO/c1-2-10-3-5-12(6-4-10)19-14-9-18-15-13(14)7-11(16)8-17-15;2-1-3/h1,3-9,19H,(H,17,18);1H,(H2,2,3). The number of halogens is 1. The molecule has 0 spiro atoms. The molecule has 6 heteroatoms. The molecule has 5 nitrogen and oxygen atoms in total. The number of hydrogen-bond donors (Lipinski definition) is 3. The first-order valence-electron chi connectivity index (χ1n) is 6.29. The average Bonchev–Trinajstić information content (AvgIpc) is 2.91. The van der Waals surface area contributed by atoms with E-state index in [1.54, 1.807) is 6.20 Å². The minimum atomic E-state index is -0.363. The van der Waals surface area contributed by atoms with Crippen LogP contribution in [0.5, 0.6) is 0 Å². The van der Waals surface area contributed by atoms with Crippen LogP contribution in [0, 0.1) is 18.2 Å². The molecule has 0 bridgehead atoms. The maximum absolute atomic E-state index is 13.2. The first-order valence-corrected chi connectivity index (χ1v) is 6.29. The Morgan fingerprint density at radius 2 is 2.05 bits per heavy atom. The molecule has 0 aliphatic carbocycles. The van der Waals surface area contributed by atoms with E-state index in [0.29, 0.717) is 11.0 Å². The summed E-state index contributed by atoms with van der Waals surface area (Å²) in [5.41, 5.74) is 7.28. The zero-order valence-corrected chi connectivity index (χ0v) is 11.5. The number of aromatic amines is 1. The summed E-state index contributed by atoms with van der Waals surface area (Å²) in [4.78, 5) is 15.5. The van der Waals surface area contributed by atoms with Crippen LogP contribution in [0.2, 0.25) is 0 Å². The number of nitrogens with two attached hydrogens (primary N) is 1. The highest BCUT2D eigenvalue weighted by atomic mass is 19.1. The summed E-state index contributed by atoms with van der Waals surface area (Å²) >= 11 is 0. The van der Waals surface area contributed by atoms with Gasteiger partial charge in [0.15, 0.2) is 0 Å². The fourth-order valence-corrected chi connectivity index (χ4v) is 1.89. The fourth-order valence-electron chi connectivity index (χ4n) is 1.89. The molecule has 0 fully saturated rings. The summed E-state index contributed by atoms with van der Waals surface area (Å²) in [5.74, 6) is 2.19. The number of nitrogens with one attached hydrogen (secondary N) is 2. The van der Waals surface area contributed by atoms with Crippen LogP contribution in [0.4, 0.5) is 15.8 Å². The summed E-state index contributed by atoms with van der Waals surface area (Å²) in [6.45, 7) is 0. The number of pyridine rings is 1. The van der Waals surface area contributed by atoms with E-state index in [4.69, 9.17) is 11.2 Å². The van der Waals surface area contributed by atoms with Crippen LogP contribution in [0.25, 0.3) is 11.0 Å². The molecule has 2 heterocycles. The first kappa shape index (κ1) is 15.1. The Hall–Kier alpha value is -3.33. The van der Waals surface area contributed by atoms with Crippen molar-refractivity contribution < 1.29 is 9.18 Å². The number of primary amides is 1. The third kappa shape index (κ3) is 3.41. The van der Waals surface area contributed by atoms with Crippen LogP contribution < -0.4 is 11.1 Å². The van der Waals surface area contributed by atoms with E-state index >= 15 is 0 Å². The lowest BCUT2D eigenvalue weighted by Crippen LogP contribution is -1.89. The Morgan fingerprint density at radius 3 is 2.68 bits per heavy atom. The SMILES string of the molecule is C#Cc1ccc(Nc2c[nH]c3ncc(F)cc23)cc1.NC=O. The molecule has 0 atom stereocenters. The first-order chi connectivity index (χ1) is 10.7. The van der Waals surface area contributed by atoms with Crippen LogP contribution in [0.1, 0.15) is 5.56 Å². The van der Waals surface area contributed by atoms with Gasteiger partial charge < -0.3 is 16.0 Å². The second kappa shape index (κ2) is 6.90. The van der Waals surface area contributed by atoms with Crippen molar-refractivity contribution in [2.45, 2.75) is 0 Å². The Labute approximate surface area is 126 Å². The fraction of sp³-hybridized carbons (Fsp3) is 0. The molecular formula is C16H13FN4O. The third-order valence-electron chi connectivity index (χ3n) is 2.83. The third-order valence-corrected chi connectivity index (χ3v) is 2.83. The molecule has 0 aliphatic heterocycles. The van der Waals surface area contributed by atoms with Gasteiger partial charge in [-0.15, -0.1) is 6.42 Å². The highest BCUT2D eigenvalue weighted by Gasteiger charge is 2.06. The number of terminal acetylenes is 1. The summed E-state index contributed by atoms with van der Waals surface area (Å²) in [5, 5.41) is 3.91. The van der Waals surface area contributed by atoms with Crippen molar-refractivity contribution >= 4 is 28.8 Å². The molecule has 0 saturated heterocycles. The number of fused-ring (bicyclic) bond motifs is 1. The lowest BCUT2D eigenvalue weighted by molar-refractivity contribution is -0.106. The molecule has 4 N–H and O–H groups in total. The van der Waals surface area contributed by atoms with Crippen molar-refractivity contribution in [2.75, 3.05) is 5.32 Å². The lowest BCUT2D eigenvalue weighted by atomic mass is 10.2. The molecule has 0 saturated carbocycles. The molecule has 1 amide bonds. The van der Waals surface area contributed by atoms with Gasteiger partial charge in [-0.3, -0.25) is 4.79 Å². The molecule has 0 unspecified atom stereocenters. The number of carbonyl (C=O) groups is 1. The summed E-state index contributed by atoms with van der Waals surface area (Å²) in [7, 11) is 0. The minimum Gasteiger partial charge on any atom is -0.372 e. The highest BCUT2D eigenvalue weighted by molar-refractivity contribution is 5.91. The van der Waals surface area contributed by atoms with Crippen molar-refractivity contribution in [3.63, 3.8) is 0 Å². The molecule has 22 heavy (non-hydrogen) atoms. The monoisotopic (exact) mass is 296 g/mol. The van der Waals surface area contributed by atoms with Crippen LogP contribution in [-0.2, 0) is 4.79 Å². The van der Waals surface area contributed by atoms with E-state index in [1.807, 2.05) is 24.3 Å². The van der Waals surface area contributed by atoms with Crippen LogP contribution in [0.15, 0.2) is 42.7 Å². The Bertz CT molecular complexity index is 818. The normalized spacial score (nSPS) is 9.45. The van der Waals surface area contributed by atoms with Crippen LogP contribution >= 0.6 is 0 Å². The van der Waals surface area contributed by atoms with Gasteiger partial charge in [0.1, 0.15) is 11.5 Å². The Kier molecular flexibility index (Phi) is 4.73. The molecule has 0 radical (unpaired) electrons. The summed E-state index contributed by atoms with van der Waals surface area (Å²) in [6.07, 6.45) is 8.49. The second-order valence-electron chi connectivity index (χ2n) is 4.23. The van der Waals surface area contributed by atoms with E-state index < -0.39 is 0 Å². The number of amides is 1. The second-order valence-corrected chi connectivity index (χ2v) is 4.23. The van der Waals surface area contributed by atoms with E-state index in [1.165, 1.54) is 12.3 Å². The average molecular weight is 296 g/mol. The predicted molar refractivity (Wildman–Crippen MR) is 84.0 cm³/mol. The number of nitrogens with zero attached hydrogens (tertiary/aromatic N) is 1. The minimum absolute atomic E-state index is 0.250. The number of anilines is 2. The number of H-pyrrole nitrogens is 1. The molecule has 110 valence electrons. The number of carbonyl (C=O) groups excluding carboxylic acids is 1. The van der Waals surface area contributed by atoms with Gasteiger partial charge in [-0.25, -0.2) is 9.37 Å². The van der Waals surface area contributed by atoms with Gasteiger partial charge in [0.05, 0.1) is 11.9 Å². The molecular weight excluding hydrogens is 283 g/mol. The topological polar surface area (TPSA) is 83.8 Å². The molecule has 1 aromatic carbocycles. The maximum Gasteiger partial charge on any atom is 0.204 e. The molecule has 3 aromatic rings. The maximum atomic E-state index is 13.2. The molecule has 2 aromatic heterocycles. The van der Waals surface area contributed by atoms with Gasteiger partial charge in [0.25, 0.3) is 0 Å². The quantitative estimate of drug-likeness (QED) is 0.502. The van der Waals surface area contributed by atoms with Crippen molar-refractivity contribution in [1.82, 2.24) is 9.97 Å². The van der Waals surface area contributed by atoms with E-state index in [-0.39, 0.29) is 12.2 Å². The zero-order chi connectivity index (χ0) is 15.9. The van der Waals surface area contributed by atoms with Gasteiger partial charge in [0, 0.05) is 22.8 Å². The smallest absolute Gasteiger partial charge is 0.204 e. The number of aromatic nitrogens is 2. The number of hydrogen-bond acceptors (Lipinski definition) is 3. The number of benzene rings is 1. The van der Waals surface area contributed by atoms with Crippen LogP contribution in [0.3, 0.4) is 0 Å². The summed E-state index contributed by atoms with van der Waals surface area (Å²) < 4.78 is 13.2. The van der Waals surface area contributed by atoms with Crippen molar-refractivity contribution in [3.05, 3.63) is 54.1 Å². The van der Waals surface area contributed by atoms with Gasteiger partial charge in [-0.05, 0) is 30.3 Å². The highest BCUT2D eigenvalue weighted by Crippen LogP contribution is 2.25. The summed E-state index contributed by atoms with van der Waals surface area (Å²) in [6, 6.07) is 8.88. The number of rotatable bonds is 2. The molecule has 3 rings (SSSR count). The van der Waals surface area contributed by atoms with Crippen molar-refractivity contribution in [1.29, 1.82) is 0 Å². The largest absolute Gasteiger partial charge is 0.372 e. The van der Waals surface area contributed by atoms with Crippen molar-refractivity contribution in [3.8, 4) is 12.3 Å². The lowest BCUT2D eigenvalue weighted by Gasteiger charge is -2.04. The van der Waals surface area contributed by atoms with E-state index in [2.05, 4.69) is 26.9 Å².